The number of nitrogens with zero attached hydrogens (tertiary/aromatic N) is 2. The number of rotatable bonds is 3. The first-order chi connectivity index (χ1) is 7.54. The molecule has 0 bridgehead atoms. The van der Waals surface area contributed by atoms with Crippen LogP contribution in [0.5, 0.6) is 0 Å². The highest BCUT2D eigenvalue weighted by Gasteiger charge is 2.16. The molecular weight excluding hydrogens is 232 g/mol. The molecule has 1 amide bonds. The summed E-state index contributed by atoms with van der Waals surface area (Å²) >= 11 is 5.72. The molecule has 0 unspecified atom stereocenters. The predicted molar refractivity (Wildman–Crippen MR) is 58.2 cm³/mol. The highest BCUT2D eigenvalue weighted by atomic mass is 35.5. The predicted octanol–water partition coefficient (Wildman–Crippen LogP) is 0.980. The van der Waals surface area contributed by atoms with Crippen LogP contribution in [-0.2, 0) is 9.53 Å². The van der Waals surface area contributed by atoms with Crippen molar-refractivity contribution in [1.29, 1.82) is 0 Å². The number of hydrogen-bond acceptors (Lipinski definition) is 4. The second kappa shape index (κ2) is 5.46. The molecule has 0 radical (unpaired) electrons. The summed E-state index contributed by atoms with van der Waals surface area (Å²) in [6.07, 6.45) is 1.43. The number of hydrogen-bond donors (Lipinski definition) is 0. The van der Waals surface area contributed by atoms with E-state index in [1.165, 1.54) is 31.3 Å². The van der Waals surface area contributed by atoms with Crippen LogP contribution in [0.1, 0.15) is 10.5 Å². The summed E-state index contributed by atoms with van der Waals surface area (Å²) in [4.78, 5) is 27.8. The first-order valence-corrected chi connectivity index (χ1v) is 4.86. The number of amides is 1. The number of methoxy groups -OCH3 is 1. The quantitative estimate of drug-likeness (QED) is 0.742. The van der Waals surface area contributed by atoms with E-state index < -0.39 is 5.97 Å². The molecule has 16 heavy (non-hydrogen) atoms. The maximum Gasteiger partial charge on any atom is 0.325 e. The van der Waals surface area contributed by atoms with E-state index in [9.17, 15) is 9.59 Å². The molecule has 0 aliphatic rings. The Morgan fingerprint density at radius 2 is 2.25 bits per heavy atom. The number of carbonyl (C=O) groups excluding carboxylic acids is 2. The van der Waals surface area contributed by atoms with Crippen molar-refractivity contribution in [3.05, 3.63) is 29.0 Å². The molecule has 1 heterocycles. The largest absolute Gasteiger partial charge is 0.468 e. The lowest BCUT2D eigenvalue weighted by Crippen LogP contribution is -2.33. The molecule has 1 aromatic rings. The summed E-state index contributed by atoms with van der Waals surface area (Å²) in [6, 6.07) is 3.01. The van der Waals surface area contributed by atoms with Gasteiger partial charge in [0.05, 0.1) is 7.11 Å². The summed E-state index contributed by atoms with van der Waals surface area (Å²) < 4.78 is 4.45. The van der Waals surface area contributed by atoms with E-state index in [-0.39, 0.29) is 18.1 Å². The van der Waals surface area contributed by atoms with Crippen molar-refractivity contribution in [2.24, 2.45) is 0 Å². The molecule has 0 fully saturated rings. The molecular formula is C10H11ClN2O3. The number of esters is 1. The van der Waals surface area contributed by atoms with E-state index in [4.69, 9.17) is 11.6 Å². The zero-order valence-electron chi connectivity index (χ0n) is 8.94. The van der Waals surface area contributed by atoms with Gasteiger partial charge >= 0.3 is 5.97 Å². The lowest BCUT2D eigenvalue weighted by atomic mass is 10.3. The highest BCUT2D eigenvalue weighted by Crippen LogP contribution is 2.09. The van der Waals surface area contributed by atoms with Gasteiger partial charge in [-0.1, -0.05) is 11.6 Å². The molecule has 0 saturated carbocycles. The standard InChI is InChI=1S/C10H11ClN2O3/c1-13(6-9(14)16-2)10(15)8-5-7(11)3-4-12-8/h3-5H,6H2,1-2H3. The Bertz CT molecular complexity index is 409. The molecule has 86 valence electrons. The first-order valence-electron chi connectivity index (χ1n) is 4.48. The molecule has 0 saturated heterocycles. The van der Waals surface area contributed by atoms with Crippen LogP contribution in [0, 0.1) is 0 Å². The number of aromatic nitrogens is 1. The summed E-state index contributed by atoms with van der Waals surface area (Å²) in [5.74, 6) is -0.870. The fourth-order valence-corrected chi connectivity index (χ4v) is 1.21. The Balaban J connectivity index is 2.74. The lowest BCUT2D eigenvalue weighted by Gasteiger charge is -2.14. The van der Waals surface area contributed by atoms with E-state index in [2.05, 4.69) is 9.72 Å². The minimum atomic E-state index is -0.488. The van der Waals surface area contributed by atoms with Crippen molar-refractivity contribution < 1.29 is 14.3 Å². The monoisotopic (exact) mass is 242 g/mol. The summed E-state index contributed by atoms with van der Waals surface area (Å²) in [6.45, 7) is -0.122. The van der Waals surface area contributed by atoms with Crippen molar-refractivity contribution >= 4 is 23.5 Å². The molecule has 6 heteroatoms. The van der Waals surface area contributed by atoms with Crippen molar-refractivity contribution in [1.82, 2.24) is 9.88 Å². The van der Waals surface area contributed by atoms with Gasteiger partial charge in [0, 0.05) is 18.3 Å². The number of likely N-dealkylation sites (N-methyl/N-ethyl adjacent to an activating group) is 1. The molecule has 0 spiro atoms. The van der Waals surface area contributed by atoms with Crippen LogP contribution in [0.3, 0.4) is 0 Å². The number of carbonyl (C=O) groups is 2. The van der Waals surface area contributed by atoms with Crippen LogP contribution in [0.2, 0.25) is 5.02 Å². The molecule has 0 aliphatic heterocycles. The van der Waals surface area contributed by atoms with Crippen LogP contribution in [0.4, 0.5) is 0 Å². The Labute approximate surface area is 98.0 Å². The van der Waals surface area contributed by atoms with Gasteiger partial charge in [0.1, 0.15) is 12.2 Å². The van der Waals surface area contributed by atoms with Gasteiger partial charge in [0.25, 0.3) is 5.91 Å². The maximum atomic E-state index is 11.7. The Kier molecular flexibility index (Phi) is 4.25. The maximum absolute atomic E-state index is 11.7. The van der Waals surface area contributed by atoms with Crippen LogP contribution in [0.15, 0.2) is 18.3 Å². The van der Waals surface area contributed by atoms with Crippen molar-refractivity contribution in [3.63, 3.8) is 0 Å². The van der Waals surface area contributed by atoms with E-state index in [0.717, 1.165) is 0 Å². The second-order valence-electron chi connectivity index (χ2n) is 3.10. The van der Waals surface area contributed by atoms with Crippen LogP contribution >= 0.6 is 11.6 Å². The fraction of sp³-hybridized carbons (Fsp3) is 0.300. The van der Waals surface area contributed by atoms with Gasteiger partial charge in [0.15, 0.2) is 0 Å². The fourth-order valence-electron chi connectivity index (χ4n) is 1.05. The van der Waals surface area contributed by atoms with E-state index in [1.54, 1.807) is 6.07 Å². The average molecular weight is 243 g/mol. The van der Waals surface area contributed by atoms with Gasteiger partial charge in [0.2, 0.25) is 0 Å². The van der Waals surface area contributed by atoms with Gasteiger partial charge in [-0.2, -0.15) is 0 Å². The lowest BCUT2D eigenvalue weighted by molar-refractivity contribution is -0.141. The zero-order chi connectivity index (χ0) is 12.1. The molecule has 0 N–H and O–H groups in total. The summed E-state index contributed by atoms with van der Waals surface area (Å²) in [5.41, 5.74) is 0.193. The summed E-state index contributed by atoms with van der Waals surface area (Å²) in [7, 11) is 2.75. The van der Waals surface area contributed by atoms with Crippen LogP contribution in [0.25, 0.3) is 0 Å². The second-order valence-corrected chi connectivity index (χ2v) is 3.53. The van der Waals surface area contributed by atoms with Crippen molar-refractivity contribution in [2.75, 3.05) is 20.7 Å². The Morgan fingerprint density at radius 1 is 1.56 bits per heavy atom. The number of halogens is 1. The molecule has 1 rings (SSSR count). The minimum absolute atomic E-state index is 0.122. The number of ether oxygens (including phenoxy) is 1. The molecule has 1 aromatic heterocycles. The SMILES string of the molecule is COC(=O)CN(C)C(=O)c1cc(Cl)ccn1. The van der Waals surface area contributed by atoms with Crippen LogP contribution in [-0.4, -0.2) is 42.5 Å². The Hall–Kier alpha value is -1.62. The average Bonchev–Trinajstić information content (AvgIpc) is 2.27. The third kappa shape index (κ3) is 3.20. The Morgan fingerprint density at radius 3 is 2.81 bits per heavy atom. The number of pyridine rings is 1. The van der Waals surface area contributed by atoms with Gasteiger partial charge in [-0.05, 0) is 12.1 Å². The van der Waals surface area contributed by atoms with Crippen LogP contribution < -0.4 is 0 Å². The zero-order valence-corrected chi connectivity index (χ0v) is 9.69. The molecule has 0 aliphatic carbocycles. The molecule has 0 aromatic carbocycles. The molecule has 5 nitrogen and oxygen atoms in total. The third-order valence-corrected chi connectivity index (χ3v) is 2.12. The third-order valence-electron chi connectivity index (χ3n) is 1.88. The van der Waals surface area contributed by atoms with Crippen molar-refractivity contribution in [2.45, 2.75) is 0 Å². The minimum Gasteiger partial charge on any atom is -0.468 e. The summed E-state index contributed by atoms with van der Waals surface area (Å²) in [5, 5.41) is 0.421. The van der Waals surface area contributed by atoms with Crippen molar-refractivity contribution in [3.8, 4) is 0 Å². The molecule has 0 atom stereocenters. The van der Waals surface area contributed by atoms with Gasteiger partial charge in [-0.25, -0.2) is 0 Å². The highest BCUT2D eigenvalue weighted by molar-refractivity contribution is 6.30. The van der Waals surface area contributed by atoms with E-state index in [1.807, 2.05) is 0 Å². The van der Waals surface area contributed by atoms with Gasteiger partial charge in [-0.3, -0.25) is 14.6 Å². The van der Waals surface area contributed by atoms with Gasteiger partial charge in [-0.15, -0.1) is 0 Å². The van der Waals surface area contributed by atoms with E-state index >= 15 is 0 Å². The topological polar surface area (TPSA) is 59.5 Å². The normalized spacial score (nSPS) is 9.69. The smallest absolute Gasteiger partial charge is 0.325 e. The first kappa shape index (κ1) is 12.4. The van der Waals surface area contributed by atoms with E-state index in [0.29, 0.717) is 5.02 Å². The van der Waals surface area contributed by atoms with Gasteiger partial charge < -0.3 is 9.64 Å².